The van der Waals surface area contributed by atoms with E-state index in [4.69, 9.17) is 0 Å². The van der Waals surface area contributed by atoms with E-state index in [9.17, 15) is 4.79 Å². The molecule has 1 fully saturated rings. The molecule has 0 aromatic carbocycles. The van der Waals surface area contributed by atoms with E-state index in [1.54, 1.807) is 17.1 Å². The summed E-state index contributed by atoms with van der Waals surface area (Å²) in [6.45, 7) is 5.13. The number of nitrogens with zero attached hydrogens (tertiary/aromatic N) is 6. The molecule has 0 saturated carbocycles. The molecular weight excluding hydrogens is 366 g/mol. The number of likely N-dealkylation sites (tertiary alicyclic amines) is 1. The van der Waals surface area contributed by atoms with Crippen molar-refractivity contribution in [2.24, 2.45) is 13.0 Å². The van der Waals surface area contributed by atoms with Crippen LogP contribution in [-0.4, -0.2) is 48.2 Å². The van der Waals surface area contributed by atoms with Crippen LogP contribution in [0.15, 0.2) is 43.2 Å². The van der Waals surface area contributed by atoms with E-state index in [0.717, 1.165) is 49.6 Å². The molecule has 0 unspecified atom stereocenters. The lowest BCUT2D eigenvalue weighted by atomic mass is 9.97. The maximum atomic E-state index is 12.9. The fraction of sp³-hybridized carbons (Fsp3) is 0.429. The van der Waals surface area contributed by atoms with Gasteiger partial charge in [-0.3, -0.25) is 9.48 Å². The van der Waals surface area contributed by atoms with Crippen LogP contribution in [0, 0.1) is 12.8 Å². The Morgan fingerprint density at radius 3 is 2.93 bits per heavy atom. The molecule has 1 aliphatic rings. The molecule has 29 heavy (non-hydrogen) atoms. The average molecular weight is 393 g/mol. The predicted molar refractivity (Wildman–Crippen MR) is 110 cm³/mol. The summed E-state index contributed by atoms with van der Waals surface area (Å²) in [5.74, 6) is 1.27. The number of hydrogen-bond donors (Lipinski definition) is 1. The zero-order chi connectivity index (χ0) is 20.2. The normalized spacial score (nSPS) is 16.8. The second kappa shape index (κ2) is 8.46. The molecule has 152 valence electrons. The highest BCUT2D eigenvalue weighted by Gasteiger charge is 2.25. The number of amides is 1. The maximum absolute atomic E-state index is 12.9. The summed E-state index contributed by atoms with van der Waals surface area (Å²) in [5, 5.41) is 7.64. The van der Waals surface area contributed by atoms with Crippen molar-refractivity contribution < 1.29 is 4.79 Å². The summed E-state index contributed by atoms with van der Waals surface area (Å²) in [6, 6.07) is 3.72. The minimum atomic E-state index is 0.0579. The molecule has 1 N–H and O–H groups in total. The Labute approximate surface area is 170 Å². The third-order valence-corrected chi connectivity index (χ3v) is 5.42. The number of pyridine rings is 1. The number of aryl methyl sites for hydroxylation is 2. The smallest absolute Gasteiger partial charge is 0.255 e. The lowest BCUT2D eigenvalue weighted by Gasteiger charge is -2.33. The fourth-order valence-corrected chi connectivity index (χ4v) is 3.91. The van der Waals surface area contributed by atoms with E-state index in [1.165, 1.54) is 0 Å². The number of hydrogen-bond acceptors (Lipinski definition) is 5. The first-order valence-electron chi connectivity index (χ1n) is 10.0. The molecule has 0 radical (unpaired) electrons. The predicted octanol–water partition coefficient (Wildman–Crippen LogP) is 2.48. The third-order valence-electron chi connectivity index (χ3n) is 5.42. The molecule has 1 amide bonds. The topological polar surface area (TPSA) is 80.9 Å². The number of imidazole rings is 1. The second-order valence-electron chi connectivity index (χ2n) is 7.72. The second-order valence-corrected chi connectivity index (χ2v) is 7.72. The first-order chi connectivity index (χ1) is 14.1. The minimum absolute atomic E-state index is 0.0579. The van der Waals surface area contributed by atoms with Gasteiger partial charge in [-0.1, -0.05) is 0 Å². The fourth-order valence-electron chi connectivity index (χ4n) is 3.91. The Hall–Kier alpha value is -3.16. The zero-order valence-electron chi connectivity index (χ0n) is 17.0. The number of aromatic nitrogens is 5. The van der Waals surface area contributed by atoms with Crippen LogP contribution < -0.4 is 5.32 Å². The number of anilines is 1. The quantitative estimate of drug-likeness (QED) is 0.696. The van der Waals surface area contributed by atoms with E-state index in [1.807, 2.05) is 49.7 Å². The van der Waals surface area contributed by atoms with Crippen molar-refractivity contribution in [3.63, 3.8) is 0 Å². The van der Waals surface area contributed by atoms with Gasteiger partial charge in [-0.05, 0) is 37.8 Å². The summed E-state index contributed by atoms with van der Waals surface area (Å²) in [6.07, 6.45) is 11.4. The van der Waals surface area contributed by atoms with Crippen LogP contribution in [0.25, 0.3) is 0 Å². The van der Waals surface area contributed by atoms with E-state index >= 15 is 0 Å². The zero-order valence-corrected chi connectivity index (χ0v) is 17.0. The monoisotopic (exact) mass is 393 g/mol. The van der Waals surface area contributed by atoms with Gasteiger partial charge in [-0.15, -0.1) is 0 Å². The molecule has 8 heteroatoms. The van der Waals surface area contributed by atoms with Gasteiger partial charge in [0, 0.05) is 63.6 Å². The highest BCUT2D eigenvalue weighted by molar-refractivity contribution is 5.94. The van der Waals surface area contributed by atoms with Crippen molar-refractivity contribution in [1.82, 2.24) is 29.2 Å². The van der Waals surface area contributed by atoms with Gasteiger partial charge in [0.2, 0.25) is 0 Å². The third kappa shape index (κ3) is 4.64. The Morgan fingerprint density at radius 2 is 2.24 bits per heavy atom. The standard InChI is InChI=1S/C21H27N7O/c1-16-19(14-26(2)25-16)11-24-20-6-5-18(10-23-20)21(29)28-8-3-4-17(13-28)12-27-9-7-22-15-27/h5-7,9-10,14-15,17H,3-4,8,11-13H2,1-2H3,(H,23,24)/t17-/m0/s1. The molecule has 4 heterocycles. The number of rotatable bonds is 6. The van der Waals surface area contributed by atoms with E-state index < -0.39 is 0 Å². The van der Waals surface area contributed by atoms with Crippen LogP contribution in [0.3, 0.4) is 0 Å². The van der Waals surface area contributed by atoms with Crippen LogP contribution in [0.1, 0.15) is 34.5 Å². The van der Waals surface area contributed by atoms with E-state index in [0.29, 0.717) is 18.0 Å². The average Bonchev–Trinajstić information content (AvgIpc) is 3.35. The summed E-state index contributed by atoms with van der Waals surface area (Å²) < 4.78 is 3.89. The summed E-state index contributed by atoms with van der Waals surface area (Å²) in [5.41, 5.74) is 2.77. The van der Waals surface area contributed by atoms with Gasteiger partial charge in [0.1, 0.15) is 5.82 Å². The van der Waals surface area contributed by atoms with Crippen molar-refractivity contribution in [2.75, 3.05) is 18.4 Å². The van der Waals surface area contributed by atoms with Gasteiger partial charge in [-0.25, -0.2) is 9.97 Å². The number of carbonyl (C=O) groups excluding carboxylic acids is 1. The first-order valence-corrected chi connectivity index (χ1v) is 10.0. The van der Waals surface area contributed by atoms with Crippen molar-refractivity contribution >= 4 is 11.7 Å². The molecule has 8 nitrogen and oxygen atoms in total. The van der Waals surface area contributed by atoms with Crippen LogP contribution >= 0.6 is 0 Å². The van der Waals surface area contributed by atoms with Gasteiger partial charge in [0.25, 0.3) is 5.91 Å². The SMILES string of the molecule is Cc1nn(C)cc1CNc1ccc(C(=O)N2CCC[C@@H](Cn3ccnc3)C2)cn1. The van der Waals surface area contributed by atoms with E-state index in [-0.39, 0.29) is 5.91 Å². The minimum Gasteiger partial charge on any atom is -0.366 e. The molecule has 3 aromatic rings. The highest BCUT2D eigenvalue weighted by atomic mass is 16.2. The number of piperidine rings is 1. The lowest BCUT2D eigenvalue weighted by molar-refractivity contribution is 0.0662. The Kier molecular flexibility index (Phi) is 5.59. The molecule has 0 spiro atoms. The Bertz CT molecular complexity index is 946. The molecule has 0 aliphatic carbocycles. The maximum Gasteiger partial charge on any atom is 0.255 e. The van der Waals surface area contributed by atoms with Crippen molar-refractivity contribution in [3.05, 3.63) is 60.1 Å². The van der Waals surface area contributed by atoms with Gasteiger partial charge in [0.05, 0.1) is 17.6 Å². The molecular formula is C21H27N7O. The van der Waals surface area contributed by atoms with E-state index in [2.05, 4.69) is 25.0 Å². The number of carbonyl (C=O) groups is 1. The van der Waals surface area contributed by atoms with Gasteiger partial charge >= 0.3 is 0 Å². The van der Waals surface area contributed by atoms with Crippen molar-refractivity contribution in [1.29, 1.82) is 0 Å². The van der Waals surface area contributed by atoms with Crippen LogP contribution in [0.5, 0.6) is 0 Å². The van der Waals surface area contributed by atoms with Crippen molar-refractivity contribution in [3.8, 4) is 0 Å². The first kappa shape index (κ1) is 19.2. The largest absolute Gasteiger partial charge is 0.366 e. The van der Waals surface area contributed by atoms with Crippen LogP contribution in [-0.2, 0) is 20.1 Å². The molecule has 0 bridgehead atoms. The molecule has 3 aromatic heterocycles. The van der Waals surface area contributed by atoms with Gasteiger partial charge in [-0.2, -0.15) is 5.10 Å². The lowest BCUT2D eigenvalue weighted by Crippen LogP contribution is -2.41. The number of nitrogens with one attached hydrogen (secondary N) is 1. The molecule has 1 saturated heterocycles. The molecule has 4 rings (SSSR count). The van der Waals surface area contributed by atoms with Gasteiger partial charge in [0.15, 0.2) is 0 Å². The highest BCUT2D eigenvalue weighted by Crippen LogP contribution is 2.20. The Balaban J connectivity index is 1.34. The summed E-state index contributed by atoms with van der Waals surface area (Å²) in [4.78, 5) is 23.4. The summed E-state index contributed by atoms with van der Waals surface area (Å²) >= 11 is 0. The van der Waals surface area contributed by atoms with Crippen LogP contribution in [0.4, 0.5) is 5.82 Å². The summed E-state index contributed by atoms with van der Waals surface area (Å²) in [7, 11) is 1.91. The molecule has 1 aliphatic heterocycles. The van der Waals surface area contributed by atoms with Crippen molar-refractivity contribution in [2.45, 2.75) is 32.9 Å². The Morgan fingerprint density at radius 1 is 1.34 bits per heavy atom. The van der Waals surface area contributed by atoms with Crippen LogP contribution in [0.2, 0.25) is 0 Å². The molecule has 1 atom stereocenters. The van der Waals surface area contributed by atoms with Gasteiger partial charge < -0.3 is 14.8 Å².